The minimum atomic E-state index is -4.33. The highest BCUT2D eigenvalue weighted by Crippen LogP contribution is 2.34. The van der Waals surface area contributed by atoms with Gasteiger partial charge in [0.05, 0.1) is 17.9 Å². The van der Waals surface area contributed by atoms with E-state index in [4.69, 9.17) is 0 Å². The molecule has 0 aliphatic heterocycles. The first kappa shape index (κ1) is 16.0. The summed E-state index contributed by atoms with van der Waals surface area (Å²) in [5, 5.41) is 9.94. The Morgan fingerprint density at radius 2 is 1.86 bits per heavy atom. The van der Waals surface area contributed by atoms with E-state index in [2.05, 4.69) is 4.98 Å². The molecule has 0 amide bonds. The molecule has 0 aliphatic rings. The summed E-state index contributed by atoms with van der Waals surface area (Å²) in [4.78, 5) is 5.55. The number of nitrogens with zero attached hydrogens (tertiary/aromatic N) is 1. The lowest BCUT2D eigenvalue weighted by Gasteiger charge is -2.06. The normalized spacial score (nSPS) is 13.4. The van der Waals surface area contributed by atoms with Crippen LogP contribution in [0.25, 0.3) is 10.6 Å². The molecule has 6 heteroatoms. The van der Waals surface area contributed by atoms with E-state index < -0.39 is 11.7 Å². The van der Waals surface area contributed by atoms with Gasteiger partial charge in [-0.25, -0.2) is 4.98 Å². The Hall–Kier alpha value is -1.40. The van der Waals surface area contributed by atoms with E-state index in [0.717, 1.165) is 29.1 Å². The summed E-state index contributed by atoms with van der Waals surface area (Å²) in [7, 11) is 0. The maximum absolute atomic E-state index is 12.6. The molecule has 1 unspecified atom stereocenters. The van der Waals surface area contributed by atoms with Crippen molar-refractivity contribution in [1.29, 1.82) is 0 Å². The number of alkyl halides is 3. The van der Waals surface area contributed by atoms with Crippen molar-refractivity contribution in [2.24, 2.45) is 0 Å². The molecule has 21 heavy (non-hydrogen) atoms. The van der Waals surface area contributed by atoms with Crippen LogP contribution in [0.3, 0.4) is 0 Å². The molecule has 1 N–H and O–H groups in total. The molecule has 0 radical (unpaired) electrons. The predicted octanol–water partition coefficient (Wildman–Crippen LogP) is 4.49. The van der Waals surface area contributed by atoms with Crippen LogP contribution in [-0.2, 0) is 12.6 Å². The van der Waals surface area contributed by atoms with Gasteiger partial charge in [-0.05, 0) is 18.6 Å². The molecule has 2 nitrogen and oxygen atoms in total. The van der Waals surface area contributed by atoms with Crippen molar-refractivity contribution in [3.8, 4) is 10.6 Å². The standard InChI is InChI=1S/C15H16F3NOS/c1-3-12-13(9(2)8-20)19-14(21-12)10-4-6-11(7-5-10)15(16,17)18/h4-7,9,20H,3,8H2,1-2H3. The van der Waals surface area contributed by atoms with Gasteiger partial charge in [-0.3, -0.25) is 0 Å². The molecule has 1 aromatic carbocycles. The first-order valence-corrected chi connectivity index (χ1v) is 7.46. The van der Waals surface area contributed by atoms with Crippen LogP contribution >= 0.6 is 11.3 Å². The first-order chi connectivity index (χ1) is 9.86. The van der Waals surface area contributed by atoms with Crippen molar-refractivity contribution in [1.82, 2.24) is 4.98 Å². The van der Waals surface area contributed by atoms with Crippen LogP contribution in [0.2, 0.25) is 0 Å². The molecule has 2 rings (SSSR count). The third-order valence-corrected chi connectivity index (χ3v) is 4.51. The van der Waals surface area contributed by atoms with Crippen LogP contribution in [-0.4, -0.2) is 16.7 Å². The minimum Gasteiger partial charge on any atom is -0.396 e. The number of thiazole rings is 1. The van der Waals surface area contributed by atoms with E-state index in [1.54, 1.807) is 0 Å². The van der Waals surface area contributed by atoms with Crippen LogP contribution < -0.4 is 0 Å². The van der Waals surface area contributed by atoms with Gasteiger partial charge < -0.3 is 5.11 Å². The lowest BCUT2D eigenvalue weighted by molar-refractivity contribution is -0.137. The Bertz CT molecular complexity index is 604. The van der Waals surface area contributed by atoms with Crippen LogP contribution in [0.1, 0.15) is 35.9 Å². The summed E-state index contributed by atoms with van der Waals surface area (Å²) in [5.74, 6) is -0.0700. The molecule has 1 aromatic heterocycles. The molecule has 0 bridgehead atoms. The third-order valence-electron chi connectivity index (χ3n) is 3.25. The maximum Gasteiger partial charge on any atom is 0.416 e. The summed E-state index contributed by atoms with van der Waals surface area (Å²) >= 11 is 1.47. The van der Waals surface area contributed by atoms with Gasteiger partial charge in [0.25, 0.3) is 0 Å². The second kappa shape index (κ2) is 6.15. The zero-order valence-electron chi connectivity index (χ0n) is 11.7. The van der Waals surface area contributed by atoms with Gasteiger partial charge >= 0.3 is 6.18 Å². The van der Waals surface area contributed by atoms with Gasteiger partial charge in [0.15, 0.2) is 0 Å². The van der Waals surface area contributed by atoms with E-state index in [1.807, 2.05) is 13.8 Å². The van der Waals surface area contributed by atoms with Crippen LogP contribution in [0.4, 0.5) is 13.2 Å². The number of halogens is 3. The Kier molecular flexibility index (Phi) is 4.68. The van der Waals surface area contributed by atoms with Gasteiger partial charge in [0.2, 0.25) is 0 Å². The van der Waals surface area contributed by atoms with E-state index in [0.29, 0.717) is 10.6 Å². The van der Waals surface area contributed by atoms with Crippen molar-refractivity contribution < 1.29 is 18.3 Å². The molecule has 114 valence electrons. The summed E-state index contributed by atoms with van der Waals surface area (Å²) in [6.45, 7) is 3.88. The van der Waals surface area contributed by atoms with Crippen molar-refractivity contribution in [2.45, 2.75) is 32.4 Å². The zero-order chi connectivity index (χ0) is 15.6. The number of benzene rings is 1. The lowest BCUT2D eigenvalue weighted by Crippen LogP contribution is -2.04. The topological polar surface area (TPSA) is 33.1 Å². The molecule has 0 spiro atoms. The third kappa shape index (κ3) is 3.44. The molecule has 2 aromatic rings. The van der Waals surface area contributed by atoms with Crippen molar-refractivity contribution in [3.05, 3.63) is 40.4 Å². The molecule has 0 saturated carbocycles. The van der Waals surface area contributed by atoms with Crippen LogP contribution in [0.15, 0.2) is 24.3 Å². The SMILES string of the molecule is CCc1sc(-c2ccc(C(F)(F)F)cc2)nc1C(C)CO. The van der Waals surface area contributed by atoms with Gasteiger partial charge in [0.1, 0.15) is 5.01 Å². The Morgan fingerprint density at radius 3 is 2.33 bits per heavy atom. The fourth-order valence-corrected chi connectivity index (χ4v) is 3.14. The molecular weight excluding hydrogens is 299 g/mol. The average molecular weight is 315 g/mol. The lowest BCUT2D eigenvalue weighted by atomic mass is 10.1. The molecule has 1 heterocycles. The van der Waals surface area contributed by atoms with Gasteiger partial charge in [-0.1, -0.05) is 26.0 Å². The van der Waals surface area contributed by atoms with E-state index >= 15 is 0 Å². The Labute approximate surface area is 125 Å². The second-order valence-electron chi connectivity index (χ2n) is 4.84. The van der Waals surface area contributed by atoms with Gasteiger partial charge in [-0.15, -0.1) is 11.3 Å². The Morgan fingerprint density at radius 1 is 1.24 bits per heavy atom. The number of aromatic nitrogens is 1. The van der Waals surface area contributed by atoms with Crippen LogP contribution in [0.5, 0.6) is 0 Å². The summed E-state index contributed by atoms with van der Waals surface area (Å²) in [6, 6.07) is 5.01. The highest BCUT2D eigenvalue weighted by atomic mass is 32.1. The number of hydrogen-bond donors (Lipinski definition) is 1. The van der Waals surface area contributed by atoms with Crippen molar-refractivity contribution >= 4 is 11.3 Å². The largest absolute Gasteiger partial charge is 0.416 e. The smallest absolute Gasteiger partial charge is 0.396 e. The van der Waals surface area contributed by atoms with Crippen molar-refractivity contribution in [3.63, 3.8) is 0 Å². The highest BCUT2D eigenvalue weighted by Gasteiger charge is 2.30. The molecule has 0 saturated heterocycles. The van der Waals surface area contributed by atoms with E-state index in [-0.39, 0.29) is 12.5 Å². The molecule has 1 atom stereocenters. The zero-order valence-corrected chi connectivity index (χ0v) is 12.6. The fourth-order valence-electron chi connectivity index (χ4n) is 2.01. The predicted molar refractivity (Wildman–Crippen MR) is 77.4 cm³/mol. The van der Waals surface area contributed by atoms with E-state index in [9.17, 15) is 18.3 Å². The summed E-state index contributed by atoms with van der Waals surface area (Å²) in [6.07, 6.45) is -3.54. The molecule has 0 aliphatic carbocycles. The van der Waals surface area contributed by atoms with Gasteiger partial charge in [-0.2, -0.15) is 13.2 Å². The first-order valence-electron chi connectivity index (χ1n) is 6.64. The van der Waals surface area contributed by atoms with Gasteiger partial charge in [0, 0.05) is 16.4 Å². The number of aryl methyl sites for hydroxylation is 1. The average Bonchev–Trinajstić information content (AvgIpc) is 2.90. The Balaban J connectivity index is 2.36. The summed E-state index contributed by atoms with van der Waals surface area (Å²) < 4.78 is 37.7. The van der Waals surface area contributed by atoms with Crippen molar-refractivity contribution in [2.75, 3.05) is 6.61 Å². The fraction of sp³-hybridized carbons (Fsp3) is 0.400. The summed E-state index contributed by atoms with van der Waals surface area (Å²) in [5.41, 5.74) is 0.835. The molecular formula is C15H16F3NOS. The van der Waals surface area contributed by atoms with Crippen LogP contribution in [0, 0.1) is 0 Å². The maximum atomic E-state index is 12.6. The number of hydrogen-bond acceptors (Lipinski definition) is 3. The molecule has 0 fully saturated rings. The number of aliphatic hydroxyl groups excluding tert-OH is 1. The van der Waals surface area contributed by atoms with E-state index in [1.165, 1.54) is 23.5 Å². The monoisotopic (exact) mass is 315 g/mol. The minimum absolute atomic E-state index is 0.00316. The quantitative estimate of drug-likeness (QED) is 0.902. The number of aliphatic hydroxyl groups is 1. The number of rotatable bonds is 4. The second-order valence-corrected chi connectivity index (χ2v) is 5.92. The highest BCUT2D eigenvalue weighted by molar-refractivity contribution is 7.15.